The average Bonchev–Trinajstić information content (AvgIpc) is 2.73. The third-order valence-corrected chi connectivity index (χ3v) is 6.52. The van der Waals surface area contributed by atoms with Gasteiger partial charge in [0, 0.05) is 31.7 Å². The van der Waals surface area contributed by atoms with E-state index in [1.54, 1.807) is 36.3 Å². The topological polar surface area (TPSA) is 76.2 Å². The zero-order chi connectivity index (χ0) is 20.3. The van der Waals surface area contributed by atoms with Crippen molar-refractivity contribution < 1.29 is 27.1 Å². The lowest BCUT2D eigenvalue weighted by molar-refractivity contribution is 0.0698. The molecule has 0 saturated carbocycles. The van der Waals surface area contributed by atoms with Gasteiger partial charge in [-0.1, -0.05) is 0 Å². The lowest BCUT2D eigenvalue weighted by Crippen LogP contribution is -2.50. The molecule has 0 aliphatic carbocycles. The maximum absolute atomic E-state index is 13.9. The van der Waals surface area contributed by atoms with E-state index in [-0.39, 0.29) is 42.7 Å². The Bertz CT molecular complexity index is 955. The second-order valence-electron chi connectivity index (χ2n) is 6.22. The van der Waals surface area contributed by atoms with Crippen molar-refractivity contribution in [2.45, 2.75) is 4.90 Å². The molecule has 0 spiro atoms. The van der Waals surface area contributed by atoms with Gasteiger partial charge in [0.1, 0.15) is 5.75 Å². The van der Waals surface area contributed by atoms with Crippen molar-refractivity contribution in [2.24, 2.45) is 0 Å². The molecule has 1 saturated heterocycles. The van der Waals surface area contributed by atoms with E-state index < -0.39 is 15.8 Å². The van der Waals surface area contributed by atoms with Crippen molar-refractivity contribution in [1.29, 1.82) is 0 Å². The van der Waals surface area contributed by atoms with E-state index in [4.69, 9.17) is 9.47 Å². The van der Waals surface area contributed by atoms with Crippen LogP contribution in [0.4, 0.5) is 4.39 Å². The van der Waals surface area contributed by atoms with Gasteiger partial charge in [-0.2, -0.15) is 4.31 Å². The molecule has 0 aromatic heterocycles. The minimum Gasteiger partial charge on any atom is -0.497 e. The standard InChI is InChI=1S/C19H21FN2O5S/c1-26-15-5-3-14(4-6-15)19(23)21-9-11-22(12-10-21)28(24,25)16-7-8-18(27-2)17(20)13-16/h3-8,13H,9-12H2,1-2H3. The maximum Gasteiger partial charge on any atom is 0.253 e. The minimum absolute atomic E-state index is 0.0196. The van der Waals surface area contributed by atoms with Crippen LogP contribution in [0.5, 0.6) is 11.5 Å². The predicted octanol–water partition coefficient (Wildman–Crippen LogP) is 1.99. The summed E-state index contributed by atoms with van der Waals surface area (Å²) in [7, 11) is -0.991. The van der Waals surface area contributed by atoms with E-state index in [9.17, 15) is 17.6 Å². The smallest absolute Gasteiger partial charge is 0.253 e. The number of piperazine rings is 1. The molecule has 1 heterocycles. The Morgan fingerprint density at radius 2 is 1.61 bits per heavy atom. The van der Waals surface area contributed by atoms with Crippen LogP contribution in [0.3, 0.4) is 0 Å². The van der Waals surface area contributed by atoms with Gasteiger partial charge in [0.15, 0.2) is 11.6 Å². The summed E-state index contributed by atoms with van der Waals surface area (Å²) in [5.74, 6) is -0.278. The van der Waals surface area contributed by atoms with Gasteiger partial charge in [0.2, 0.25) is 10.0 Å². The van der Waals surface area contributed by atoms with E-state index in [1.165, 1.54) is 23.5 Å². The summed E-state index contributed by atoms with van der Waals surface area (Å²) in [6.07, 6.45) is 0. The third-order valence-electron chi connectivity index (χ3n) is 4.62. The number of benzene rings is 2. The Morgan fingerprint density at radius 1 is 0.964 bits per heavy atom. The summed E-state index contributed by atoms with van der Waals surface area (Å²) in [6.45, 7) is 0.779. The first-order valence-corrected chi connectivity index (χ1v) is 10.1. The fourth-order valence-electron chi connectivity index (χ4n) is 3.00. The molecular weight excluding hydrogens is 387 g/mol. The van der Waals surface area contributed by atoms with Gasteiger partial charge in [0.25, 0.3) is 5.91 Å². The maximum atomic E-state index is 13.9. The number of hydrogen-bond donors (Lipinski definition) is 0. The Kier molecular flexibility index (Phi) is 5.85. The monoisotopic (exact) mass is 408 g/mol. The van der Waals surface area contributed by atoms with Crippen molar-refractivity contribution in [3.05, 3.63) is 53.8 Å². The van der Waals surface area contributed by atoms with E-state index in [2.05, 4.69) is 0 Å². The zero-order valence-corrected chi connectivity index (χ0v) is 16.4. The number of ether oxygens (including phenoxy) is 2. The van der Waals surface area contributed by atoms with Crippen LogP contribution < -0.4 is 9.47 Å². The van der Waals surface area contributed by atoms with Gasteiger partial charge in [-0.05, 0) is 42.5 Å². The predicted molar refractivity (Wildman–Crippen MR) is 101 cm³/mol. The third kappa shape index (κ3) is 3.95. The normalized spacial score (nSPS) is 15.3. The van der Waals surface area contributed by atoms with E-state index in [0.29, 0.717) is 11.3 Å². The Balaban J connectivity index is 1.68. The molecule has 2 aromatic rings. The molecule has 1 aliphatic heterocycles. The van der Waals surface area contributed by atoms with Crippen LogP contribution in [0.15, 0.2) is 47.4 Å². The summed E-state index contributed by atoms with van der Waals surface area (Å²) in [5, 5.41) is 0. The minimum atomic E-state index is -3.85. The van der Waals surface area contributed by atoms with Gasteiger partial charge in [-0.3, -0.25) is 4.79 Å². The lowest BCUT2D eigenvalue weighted by atomic mass is 10.2. The highest BCUT2D eigenvalue weighted by atomic mass is 32.2. The Morgan fingerprint density at radius 3 is 2.14 bits per heavy atom. The second kappa shape index (κ2) is 8.15. The molecular formula is C19H21FN2O5S. The molecule has 1 fully saturated rings. The highest BCUT2D eigenvalue weighted by molar-refractivity contribution is 7.89. The van der Waals surface area contributed by atoms with Crippen LogP contribution in [0.25, 0.3) is 0 Å². The number of carbonyl (C=O) groups is 1. The highest BCUT2D eigenvalue weighted by Gasteiger charge is 2.31. The fourth-order valence-corrected chi connectivity index (χ4v) is 4.44. The molecule has 1 amide bonds. The molecule has 0 N–H and O–H groups in total. The quantitative estimate of drug-likeness (QED) is 0.756. The van der Waals surface area contributed by atoms with Crippen LogP contribution in [0.2, 0.25) is 0 Å². The lowest BCUT2D eigenvalue weighted by Gasteiger charge is -2.34. The van der Waals surface area contributed by atoms with Crippen molar-refractivity contribution >= 4 is 15.9 Å². The summed E-state index contributed by atoms with van der Waals surface area (Å²) in [6, 6.07) is 10.3. The molecule has 7 nitrogen and oxygen atoms in total. The van der Waals surface area contributed by atoms with Gasteiger partial charge in [0.05, 0.1) is 19.1 Å². The zero-order valence-electron chi connectivity index (χ0n) is 15.6. The Hall–Kier alpha value is -2.65. The molecule has 28 heavy (non-hydrogen) atoms. The number of nitrogens with zero attached hydrogens (tertiary/aromatic N) is 2. The van der Waals surface area contributed by atoms with Gasteiger partial charge in [-0.15, -0.1) is 0 Å². The first kappa shape index (κ1) is 20.1. The van der Waals surface area contributed by atoms with Crippen molar-refractivity contribution in [2.75, 3.05) is 40.4 Å². The molecule has 3 rings (SSSR count). The van der Waals surface area contributed by atoms with Gasteiger partial charge in [-0.25, -0.2) is 12.8 Å². The number of rotatable bonds is 5. The van der Waals surface area contributed by atoms with Crippen LogP contribution in [0, 0.1) is 5.82 Å². The average molecular weight is 408 g/mol. The van der Waals surface area contributed by atoms with E-state index in [1.807, 2.05) is 0 Å². The second-order valence-corrected chi connectivity index (χ2v) is 8.16. The van der Waals surface area contributed by atoms with Crippen LogP contribution >= 0.6 is 0 Å². The summed E-state index contributed by atoms with van der Waals surface area (Å²) in [4.78, 5) is 14.1. The molecule has 1 aliphatic rings. The van der Waals surface area contributed by atoms with Gasteiger partial charge >= 0.3 is 0 Å². The van der Waals surface area contributed by atoms with Crippen molar-refractivity contribution in [3.63, 3.8) is 0 Å². The molecule has 9 heteroatoms. The van der Waals surface area contributed by atoms with Crippen LogP contribution in [-0.4, -0.2) is 63.9 Å². The molecule has 0 bridgehead atoms. The molecule has 0 radical (unpaired) electrons. The summed E-state index contributed by atoms with van der Waals surface area (Å²) in [5.41, 5.74) is 0.509. The number of amides is 1. The van der Waals surface area contributed by atoms with E-state index in [0.717, 1.165) is 6.07 Å². The number of sulfonamides is 1. The van der Waals surface area contributed by atoms with E-state index >= 15 is 0 Å². The Labute approximate surface area is 163 Å². The number of methoxy groups -OCH3 is 2. The first-order chi connectivity index (χ1) is 13.4. The number of carbonyl (C=O) groups excluding carboxylic acids is 1. The van der Waals surface area contributed by atoms with Crippen molar-refractivity contribution in [3.8, 4) is 11.5 Å². The highest BCUT2D eigenvalue weighted by Crippen LogP contribution is 2.24. The summed E-state index contributed by atoms with van der Waals surface area (Å²) >= 11 is 0. The molecule has 2 aromatic carbocycles. The van der Waals surface area contributed by atoms with Crippen LogP contribution in [-0.2, 0) is 10.0 Å². The van der Waals surface area contributed by atoms with Crippen molar-refractivity contribution in [1.82, 2.24) is 9.21 Å². The first-order valence-electron chi connectivity index (χ1n) is 8.64. The largest absolute Gasteiger partial charge is 0.497 e. The molecule has 0 unspecified atom stereocenters. The SMILES string of the molecule is COc1ccc(C(=O)N2CCN(S(=O)(=O)c3ccc(OC)c(F)c3)CC2)cc1. The number of hydrogen-bond acceptors (Lipinski definition) is 5. The van der Waals surface area contributed by atoms with Gasteiger partial charge < -0.3 is 14.4 Å². The summed E-state index contributed by atoms with van der Waals surface area (Å²) < 4.78 is 50.6. The number of halogens is 1. The molecule has 0 atom stereocenters. The van der Waals surface area contributed by atoms with Crippen LogP contribution in [0.1, 0.15) is 10.4 Å². The molecule has 150 valence electrons. The fraction of sp³-hybridized carbons (Fsp3) is 0.316.